The number of rotatable bonds is 4. The van der Waals surface area contributed by atoms with Crippen LogP contribution < -0.4 is 10.2 Å². The van der Waals surface area contributed by atoms with E-state index in [2.05, 4.69) is 10.5 Å². The first-order valence-corrected chi connectivity index (χ1v) is 6.64. The molecular formula is C16H14N2O4. The number of hydrogen-bond acceptors (Lipinski definition) is 5. The summed E-state index contributed by atoms with van der Waals surface area (Å²) in [6.07, 6.45) is 1.43. The first kappa shape index (κ1) is 13.9. The van der Waals surface area contributed by atoms with Crippen LogP contribution in [-0.2, 0) is 0 Å². The number of benzene rings is 1. The van der Waals surface area contributed by atoms with E-state index in [1.54, 1.807) is 26.2 Å². The minimum Gasteiger partial charge on any atom is -0.493 e. The van der Waals surface area contributed by atoms with Crippen molar-refractivity contribution >= 4 is 22.6 Å². The van der Waals surface area contributed by atoms with E-state index in [4.69, 9.17) is 13.6 Å². The molecule has 0 saturated carbocycles. The van der Waals surface area contributed by atoms with Gasteiger partial charge in [-0.25, -0.2) is 5.43 Å². The summed E-state index contributed by atoms with van der Waals surface area (Å²) in [4.78, 5) is 11.8. The number of amides is 1. The van der Waals surface area contributed by atoms with Crippen molar-refractivity contribution in [2.24, 2.45) is 5.10 Å². The lowest BCUT2D eigenvalue weighted by Crippen LogP contribution is -2.18. The van der Waals surface area contributed by atoms with Crippen molar-refractivity contribution in [3.8, 4) is 5.75 Å². The smallest absolute Gasteiger partial charge is 0.307 e. The molecule has 1 amide bonds. The van der Waals surface area contributed by atoms with Crippen LogP contribution in [0.25, 0.3) is 11.0 Å². The Labute approximate surface area is 126 Å². The molecule has 0 unspecified atom stereocenters. The van der Waals surface area contributed by atoms with Crippen LogP contribution in [0.1, 0.15) is 23.2 Å². The van der Waals surface area contributed by atoms with Crippen molar-refractivity contribution in [1.29, 1.82) is 0 Å². The van der Waals surface area contributed by atoms with Crippen LogP contribution in [-0.4, -0.2) is 18.7 Å². The number of para-hydroxylation sites is 1. The summed E-state index contributed by atoms with van der Waals surface area (Å²) in [5, 5.41) is 4.93. The number of ether oxygens (including phenoxy) is 1. The zero-order chi connectivity index (χ0) is 15.5. The van der Waals surface area contributed by atoms with Gasteiger partial charge in [-0.1, -0.05) is 12.1 Å². The SMILES string of the molecule is COc1cccc2cc(/C(C)=N/NC(=O)c3ccco3)oc12. The fourth-order valence-corrected chi connectivity index (χ4v) is 2.03. The highest BCUT2D eigenvalue weighted by molar-refractivity contribution is 6.01. The highest BCUT2D eigenvalue weighted by Crippen LogP contribution is 2.28. The molecule has 0 aliphatic rings. The monoisotopic (exact) mass is 298 g/mol. The van der Waals surface area contributed by atoms with E-state index < -0.39 is 5.91 Å². The van der Waals surface area contributed by atoms with Crippen LogP contribution >= 0.6 is 0 Å². The molecule has 0 aliphatic carbocycles. The molecular weight excluding hydrogens is 284 g/mol. The van der Waals surface area contributed by atoms with Crippen molar-refractivity contribution in [1.82, 2.24) is 5.43 Å². The zero-order valence-corrected chi connectivity index (χ0v) is 12.1. The standard InChI is InChI=1S/C16H14N2O4/c1-10(17-18-16(19)13-7-4-8-21-13)14-9-11-5-3-6-12(20-2)15(11)22-14/h3-9H,1-2H3,(H,18,19)/b17-10+. The Kier molecular flexibility index (Phi) is 3.65. The first-order chi connectivity index (χ1) is 10.7. The van der Waals surface area contributed by atoms with E-state index in [-0.39, 0.29) is 5.76 Å². The van der Waals surface area contributed by atoms with Crippen molar-refractivity contribution in [2.75, 3.05) is 7.11 Å². The molecule has 0 radical (unpaired) electrons. The van der Waals surface area contributed by atoms with E-state index >= 15 is 0 Å². The number of methoxy groups -OCH3 is 1. The summed E-state index contributed by atoms with van der Waals surface area (Å²) in [5.41, 5.74) is 3.61. The van der Waals surface area contributed by atoms with Crippen LogP contribution in [0.5, 0.6) is 5.75 Å². The molecule has 3 rings (SSSR count). The van der Waals surface area contributed by atoms with Gasteiger partial charge in [0.25, 0.3) is 0 Å². The summed E-state index contributed by atoms with van der Waals surface area (Å²) >= 11 is 0. The third-order valence-electron chi connectivity index (χ3n) is 3.15. The van der Waals surface area contributed by atoms with E-state index in [1.165, 1.54) is 6.26 Å². The number of hydrogen-bond donors (Lipinski definition) is 1. The third kappa shape index (κ3) is 2.58. The molecule has 0 saturated heterocycles. The Morgan fingerprint density at radius 2 is 2.09 bits per heavy atom. The molecule has 0 atom stereocenters. The molecule has 0 fully saturated rings. The quantitative estimate of drug-likeness (QED) is 0.592. The minimum atomic E-state index is -0.418. The maximum atomic E-state index is 11.8. The molecule has 1 aromatic carbocycles. The number of furan rings is 2. The molecule has 0 bridgehead atoms. The molecule has 2 heterocycles. The first-order valence-electron chi connectivity index (χ1n) is 6.64. The number of carbonyl (C=O) groups excluding carboxylic acids is 1. The van der Waals surface area contributed by atoms with Gasteiger partial charge in [0.15, 0.2) is 22.9 Å². The summed E-state index contributed by atoms with van der Waals surface area (Å²) in [5.74, 6) is 0.983. The van der Waals surface area contributed by atoms with Gasteiger partial charge in [0.05, 0.1) is 13.4 Å². The normalized spacial score (nSPS) is 11.6. The summed E-state index contributed by atoms with van der Waals surface area (Å²) in [7, 11) is 1.58. The number of hydrazone groups is 1. The molecule has 2 aromatic heterocycles. The Bertz CT molecular complexity index is 831. The molecule has 6 heteroatoms. The van der Waals surface area contributed by atoms with Gasteiger partial charge in [0.1, 0.15) is 5.71 Å². The Morgan fingerprint density at radius 1 is 1.23 bits per heavy atom. The third-order valence-corrected chi connectivity index (χ3v) is 3.15. The largest absolute Gasteiger partial charge is 0.493 e. The maximum absolute atomic E-state index is 11.8. The van der Waals surface area contributed by atoms with Gasteiger partial charge in [-0.15, -0.1) is 0 Å². The topological polar surface area (TPSA) is 77.0 Å². The van der Waals surface area contributed by atoms with Gasteiger partial charge in [-0.05, 0) is 31.2 Å². The predicted octanol–water partition coefficient (Wildman–Crippen LogP) is 3.19. The molecule has 6 nitrogen and oxygen atoms in total. The summed E-state index contributed by atoms with van der Waals surface area (Å²) in [6.45, 7) is 1.74. The number of nitrogens with one attached hydrogen (secondary N) is 1. The van der Waals surface area contributed by atoms with Crippen LogP contribution in [0.4, 0.5) is 0 Å². The number of carbonyl (C=O) groups is 1. The number of fused-ring (bicyclic) bond motifs is 1. The molecule has 1 N–H and O–H groups in total. The molecule has 0 aliphatic heterocycles. The number of nitrogens with zero attached hydrogens (tertiary/aromatic N) is 1. The zero-order valence-electron chi connectivity index (χ0n) is 12.1. The maximum Gasteiger partial charge on any atom is 0.307 e. The van der Waals surface area contributed by atoms with Crippen molar-refractivity contribution < 1.29 is 18.4 Å². The second kappa shape index (κ2) is 5.77. The second-order valence-corrected chi connectivity index (χ2v) is 4.60. The average molecular weight is 298 g/mol. The molecule has 112 valence electrons. The van der Waals surface area contributed by atoms with E-state index in [1.807, 2.05) is 24.3 Å². The van der Waals surface area contributed by atoms with Gasteiger partial charge < -0.3 is 13.6 Å². The van der Waals surface area contributed by atoms with Gasteiger partial charge in [-0.2, -0.15) is 5.10 Å². The van der Waals surface area contributed by atoms with Crippen molar-refractivity contribution in [3.63, 3.8) is 0 Å². The van der Waals surface area contributed by atoms with Gasteiger partial charge in [-0.3, -0.25) is 4.79 Å². The summed E-state index contributed by atoms with van der Waals surface area (Å²) < 4.78 is 16.0. The lowest BCUT2D eigenvalue weighted by molar-refractivity contribution is 0.0927. The Balaban J connectivity index is 1.84. The lowest BCUT2D eigenvalue weighted by Gasteiger charge is -1.99. The molecule has 22 heavy (non-hydrogen) atoms. The molecule has 0 spiro atoms. The highest BCUT2D eigenvalue weighted by atomic mass is 16.5. The second-order valence-electron chi connectivity index (χ2n) is 4.60. The van der Waals surface area contributed by atoms with Crippen LogP contribution in [0.2, 0.25) is 0 Å². The van der Waals surface area contributed by atoms with E-state index in [0.29, 0.717) is 22.8 Å². The minimum absolute atomic E-state index is 0.197. The fourth-order valence-electron chi connectivity index (χ4n) is 2.03. The van der Waals surface area contributed by atoms with Gasteiger partial charge >= 0.3 is 5.91 Å². The van der Waals surface area contributed by atoms with Gasteiger partial charge in [0.2, 0.25) is 0 Å². The Hall–Kier alpha value is -3.02. The van der Waals surface area contributed by atoms with E-state index in [0.717, 1.165) is 5.39 Å². The predicted molar refractivity (Wildman–Crippen MR) is 81.2 cm³/mol. The van der Waals surface area contributed by atoms with Crippen LogP contribution in [0, 0.1) is 0 Å². The van der Waals surface area contributed by atoms with Gasteiger partial charge in [0, 0.05) is 5.39 Å². The average Bonchev–Trinajstić information content (AvgIpc) is 3.20. The molecule has 3 aromatic rings. The summed E-state index contributed by atoms with van der Waals surface area (Å²) in [6, 6.07) is 10.7. The fraction of sp³-hybridized carbons (Fsp3) is 0.125. The van der Waals surface area contributed by atoms with Crippen LogP contribution in [0.15, 0.2) is 56.6 Å². The lowest BCUT2D eigenvalue weighted by atomic mass is 10.2. The highest BCUT2D eigenvalue weighted by Gasteiger charge is 2.12. The van der Waals surface area contributed by atoms with Crippen molar-refractivity contribution in [2.45, 2.75) is 6.92 Å². The Morgan fingerprint density at radius 3 is 2.82 bits per heavy atom. The van der Waals surface area contributed by atoms with E-state index in [9.17, 15) is 4.79 Å². The van der Waals surface area contributed by atoms with Crippen LogP contribution in [0.3, 0.4) is 0 Å². The van der Waals surface area contributed by atoms with Crippen molar-refractivity contribution in [3.05, 3.63) is 54.2 Å².